The third-order valence-corrected chi connectivity index (χ3v) is 3.96. The van der Waals surface area contributed by atoms with Gasteiger partial charge < -0.3 is 15.4 Å². The van der Waals surface area contributed by atoms with Crippen LogP contribution in [0.1, 0.15) is 21.5 Å². The minimum atomic E-state index is -0.222. The minimum Gasteiger partial charge on any atom is -0.496 e. The highest BCUT2D eigenvalue weighted by Crippen LogP contribution is 2.20. The number of anilines is 2. The lowest BCUT2D eigenvalue weighted by atomic mass is 10.1. The van der Waals surface area contributed by atoms with Gasteiger partial charge in [0.05, 0.1) is 18.4 Å². The molecule has 3 aromatic rings. The molecule has 0 saturated heterocycles. The fourth-order valence-corrected chi connectivity index (χ4v) is 2.59. The molecular weight excluding hydrogens is 340 g/mol. The van der Waals surface area contributed by atoms with Crippen molar-refractivity contribution < 1.29 is 9.53 Å². The third kappa shape index (κ3) is 4.41. The fraction of sp³-hybridized carbons (Fsp3) is 0.0952. The first-order valence-electron chi connectivity index (χ1n) is 8.33. The Morgan fingerprint density at radius 2 is 1.93 bits per heavy atom. The number of nitriles is 1. The van der Waals surface area contributed by atoms with Crippen LogP contribution >= 0.6 is 0 Å². The Labute approximate surface area is 157 Å². The van der Waals surface area contributed by atoms with Gasteiger partial charge in [0.25, 0.3) is 5.91 Å². The maximum Gasteiger partial charge on any atom is 0.251 e. The molecule has 0 fully saturated rings. The van der Waals surface area contributed by atoms with Gasteiger partial charge in [0.2, 0.25) is 0 Å². The summed E-state index contributed by atoms with van der Waals surface area (Å²) in [5.41, 5.74) is 2.50. The third-order valence-electron chi connectivity index (χ3n) is 3.96. The van der Waals surface area contributed by atoms with Gasteiger partial charge in [-0.25, -0.2) is 4.98 Å². The molecule has 0 spiro atoms. The Kier molecular flexibility index (Phi) is 5.65. The summed E-state index contributed by atoms with van der Waals surface area (Å²) in [6.07, 6.45) is 1.55. The van der Waals surface area contributed by atoms with E-state index >= 15 is 0 Å². The monoisotopic (exact) mass is 358 g/mol. The number of methoxy groups -OCH3 is 1. The summed E-state index contributed by atoms with van der Waals surface area (Å²) in [5.74, 6) is 0.991. The number of nitrogens with one attached hydrogen (secondary N) is 2. The molecule has 6 heteroatoms. The highest BCUT2D eigenvalue weighted by Gasteiger charge is 2.09. The molecule has 1 aromatic heterocycles. The molecule has 0 aliphatic rings. The van der Waals surface area contributed by atoms with Crippen LogP contribution in [0, 0.1) is 11.3 Å². The van der Waals surface area contributed by atoms with Gasteiger partial charge in [-0.05, 0) is 30.3 Å². The fourth-order valence-electron chi connectivity index (χ4n) is 2.59. The highest BCUT2D eigenvalue weighted by atomic mass is 16.5. The van der Waals surface area contributed by atoms with E-state index in [1.54, 1.807) is 43.6 Å². The van der Waals surface area contributed by atoms with Crippen molar-refractivity contribution in [3.05, 3.63) is 83.6 Å². The van der Waals surface area contributed by atoms with Crippen LogP contribution in [0.5, 0.6) is 5.75 Å². The van der Waals surface area contributed by atoms with E-state index in [9.17, 15) is 10.1 Å². The van der Waals surface area contributed by atoms with Gasteiger partial charge in [-0.15, -0.1) is 0 Å². The highest BCUT2D eigenvalue weighted by molar-refractivity contribution is 5.95. The smallest absolute Gasteiger partial charge is 0.251 e. The average Bonchev–Trinajstić information content (AvgIpc) is 2.72. The van der Waals surface area contributed by atoms with Gasteiger partial charge in [0.15, 0.2) is 0 Å². The first-order chi connectivity index (χ1) is 13.2. The maximum atomic E-state index is 12.5. The molecule has 2 aromatic carbocycles. The van der Waals surface area contributed by atoms with E-state index in [-0.39, 0.29) is 5.91 Å². The number of ether oxygens (including phenoxy) is 1. The second kappa shape index (κ2) is 8.50. The van der Waals surface area contributed by atoms with Gasteiger partial charge in [0.1, 0.15) is 17.6 Å². The van der Waals surface area contributed by atoms with Gasteiger partial charge in [-0.1, -0.05) is 30.3 Å². The number of carbonyl (C=O) groups excluding carboxylic acids is 1. The zero-order valence-corrected chi connectivity index (χ0v) is 14.8. The van der Waals surface area contributed by atoms with Crippen LogP contribution in [0.4, 0.5) is 11.5 Å². The molecule has 0 bridgehead atoms. The zero-order chi connectivity index (χ0) is 19.1. The molecule has 27 heavy (non-hydrogen) atoms. The molecular formula is C21H18N4O2. The Morgan fingerprint density at radius 3 is 2.74 bits per heavy atom. The molecule has 1 amide bonds. The summed E-state index contributed by atoms with van der Waals surface area (Å²) in [6.45, 7) is 0.352. The minimum absolute atomic E-state index is 0.222. The van der Waals surface area contributed by atoms with Crippen LogP contribution in [0.15, 0.2) is 66.9 Å². The summed E-state index contributed by atoms with van der Waals surface area (Å²) in [5, 5.41) is 15.1. The summed E-state index contributed by atoms with van der Waals surface area (Å²) in [6, 6.07) is 20.0. The second-order valence-electron chi connectivity index (χ2n) is 5.71. The Balaban J connectivity index is 1.71. The maximum absolute atomic E-state index is 12.5. The molecule has 0 unspecified atom stereocenters. The number of nitrogens with zero attached hydrogens (tertiary/aromatic N) is 2. The zero-order valence-electron chi connectivity index (χ0n) is 14.8. The van der Waals surface area contributed by atoms with Crippen molar-refractivity contribution >= 4 is 17.4 Å². The van der Waals surface area contributed by atoms with Crippen LogP contribution in [0.3, 0.4) is 0 Å². The van der Waals surface area contributed by atoms with Crippen molar-refractivity contribution in [3.63, 3.8) is 0 Å². The summed E-state index contributed by atoms with van der Waals surface area (Å²) in [4.78, 5) is 16.7. The van der Waals surface area contributed by atoms with Crippen molar-refractivity contribution in [1.82, 2.24) is 10.3 Å². The van der Waals surface area contributed by atoms with E-state index in [2.05, 4.69) is 21.7 Å². The van der Waals surface area contributed by atoms with E-state index in [0.717, 1.165) is 11.3 Å². The van der Waals surface area contributed by atoms with E-state index in [1.807, 2.05) is 30.3 Å². The van der Waals surface area contributed by atoms with Crippen LogP contribution < -0.4 is 15.4 Å². The number of rotatable bonds is 6. The quantitative estimate of drug-likeness (QED) is 0.702. The number of carbonyl (C=O) groups is 1. The van der Waals surface area contributed by atoms with E-state index in [0.29, 0.717) is 29.2 Å². The molecule has 1 heterocycles. The SMILES string of the molecule is COc1ccccc1CNC(=O)c1ccnc(Nc2ccccc2C#N)c1. The standard InChI is InChI=1S/C21H18N4O2/c1-27-19-9-5-3-7-17(19)14-24-21(26)15-10-11-23-20(12-15)25-18-8-4-2-6-16(18)13-22/h2-12H,14H2,1H3,(H,23,25)(H,24,26). The first-order valence-corrected chi connectivity index (χ1v) is 8.33. The summed E-state index contributed by atoms with van der Waals surface area (Å²) >= 11 is 0. The van der Waals surface area contributed by atoms with E-state index in [1.165, 1.54) is 0 Å². The normalized spacial score (nSPS) is 9.93. The molecule has 2 N–H and O–H groups in total. The summed E-state index contributed by atoms with van der Waals surface area (Å²) in [7, 11) is 1.60. The van der Waals surface area contributed by atoms with Crippen LogP contribution in [0.2, 0.25) is 0 Å². The number of pyridine rings is 1. The van der Waals surface area contributed by atoms with Crippen molar-refractivity contribution in [2.24, 2.45) is 0 Å². The number of amides is 1. The lowest BCUT2D eigenvalue weighted by Gasteiger charge is -2.11. The Bertz CT molecular complexity index is 995. The van der Waals surface area contributed by atoms with Gasteiger partial charge in [-0.2, -0.15) is 5.26 Å². The van der Waals surface area contributed by atoms with Gasteiger partial charge in [0, 0.05) is 23.9 Å². The average molecular weight is 358 g/mol. The lowest BCUT2D eigenvalue weighted by molar-refractivity contribution is 0.0950. The number of para-hydroxylation sites is 2. The van der Waals surface area contributed by atoms with Crippen LogP contribution in [-0.2, 0) is 6.54 Å². The van der Waals surface area contributed by atoms with E-state index in [4.69, 9.17) is 4.74 Å². The lowest BCUT2D eigenvalue weighted by Crippen LogP contribution is -2.23. The van der Waals surface area contributed by atoms with Crippen molar-refractivity contribution in [3.8, 4) is 11.8 Å². The van der Waals surface area contributed by atoms with Crippen molar-refractivity contribution in [1.29, 1.82) is 5.26 Å². The van der Waals surface area contributed by atoms with Crippen LogP contribution in [-0.4, -0.2) is 18.0 Å². The number of hydrogen-bond acceptors (Lipinski definition) is 5. The summed E-state index contributed by atoms with van der Waals surface area (Å²) < 4.78 is 5.29. The second-order valence-corrected chi connectivity index (χ2v) is 5.71. The Morgan fingerprint density at radius 1 is 1.15 bits per heavy atom. The van der Waals surface area contributed by atoms with Crippen molar-refractivity contribution in [2.75, 3.05) is 12.4 Å². The Hall–Kier alpha value is -3.85. The molecule has 3 rings (SSSR count). The number of hydrogen-bond donors (Lipinski definition) is 2. The largest absolute Gasteiger partial charge is 0.496 e. The molecule has 6 nitrogen and oxygen atoms in total. The number of aromatic nitrogens is 1. The number of benzene rings is 2. The molecule has 0 atom stereocenters. The first kappa shape index (κ1) is 18.0. The topological polar surface area (TPSA) is 87.0 Å². The van der Waals surface area contributed by atoms with Crippen molar-refractivity contribution in [2.45, 2.75) is 6.54 Å². The molecule has 0 saturated carbocycles. The molecule has 0 radical (unpaired) electrons. The van der Waals surface area contributed by atoms with Crippen LogP contribution in [0.25, 0.3) is 0 Å². The molecule has 0 aliphatic heterocycles. The van der Waals surface area contributed by atoms with Gasteiger partial charge in [-0.3, -0.25) is 4.79 Å². The molecule has 0 aliphatic carbocycles. The van der Waals surface area contributed by atoms with E-state index < -0.39 is 0 Å². The predicted octanol–water partition coefficient (Wildman–Crippen LogP) is 3.64. The predicted molar refractivity (Wildman–Crippen MR) is 103 cm³/mol. The van der Waals surface area contributed by atoms with Gasteiger partial charge >= 0.3 is 0 Å². The molecule has 134 valence electrons.